The van der Waals surface area contributed by atoms with Crippen LogP contribution in [-0.2, 0) is 0 Å². The third-order valence-electron chi connectivity index (χ3n) is 3.31. The summed E-state index contributed by atoms with van der Waals surface area (Å²) in [4.78, 5) is 12.5. The molecule has 0 saturated heterocycles. The highest BCUT2D eigenvalue weighted by Crippen LogP contribution is 2.24. The number of rotatable bonds is 6. The van der Waals surface area contributed by atoms with Crippen molar-refractivity contribution in [1.29, 1.82) is 0 Å². The number of benzene rings is 2. The molecular weight excluding hydrogens is 264 g/mol. The van der Waals surface area contributed by atoms with Crippen molar-refractivity contribution in [2.75, 3.05) is 13.7 Å². The molecule has 0 bridgehead atoms. The van der Waals surface area contributed by atoms with E-state index >= 15 is 0 Å². The van der Waals surface area contributed by atoms with Crippen LogP contribution >= 0.6 is 0 Å². The minimum atomic E-state index is -0.582. The van der Waals surface area contributed by atoms with Crippen LogP contribution in [0.1, 0.15) is 24.2 Å². The van der Waals surface area contributed by atoms with E-state index in [1.165, 1.54) is 0 Å². The van der Waals surface area contributed by atoms with Crippen LogP contribution in [0, 0.1) is 5.41 Å². The molecule has 0 atom stereocenters. The molecule has 3 heteroatoms. The molecule has 0 N–H and O–H groups in total. The van der Waals surface area contributed by atoms with Gasteiger partial charge in [-0.15, -0.1) is 0 Å². The SMILES string of the molecule is COc1ccc(OCC(C)(C)C(=O)c2ccccc2)cc1. The first-order valence-corrected chi connectivity index (χ1v) is 6.89. The third kappa shape index (κ3) is 3.85. The molecule has 0 aliphatic carbocycles. The summed E-state index contributed by atoms with van der Waals surface area (Å²) < 4.78 is 10.8. The largest absolute Gasteiger partial charge is 0.497 e. The molecule has 0 heterocycles. The molecular formula is C18H20O3. The first-order chi connectivity index (χ1) is 10.0. The minimum Gasteiger partial charge on any atom is -0.497 e. The van der Waals surface area contributed by atoms with Gasteiger partial charge in [0.25, 0.3) is 0 Å². The Balaban J connectivity index is 2.01. The number of Topliss-reactive ketones (excluding diaryl/α,β-unsaturated/α-hetero) is 1. The number of carbonyl (C=O) groups is 1. The smallest absolute Gasteiger partial charge is 0.171 e. The van der Waals surface area contributed by atoms with Crippen LogP contribution in [0.4, 0.5) is 0 Å². The fourth-order valence-corrected chi connectivity index (χ4v) is 1.98. The van der Waals surface area contributed by atoms with Gasteiger partial charge in [-0.2, -0.15) is 0 Å². The molecule has 0 saturated carbocycles. The molecule has 21 heavy (non-hydrogen) atoms. The van der Waals surface area contributed by atoms with Crippen molar-refractivity contribution in [2.24, 2.45) is 5.41 Å². The number of ether oxygens (including phenoxy) is 2. The first-order valence-electron chi connectivity index (χ1n) is 6.89. The second-order valence-electron chi connectivity index (χ2n) is 5.54. The fourth-order valence-electron chi connectivity index (χ4n) is 1.98. The second kappa shape index (κ2) is 6.44. The second-order valence-corrected chi connectivity index (χ2v) is 5.54. The number of methoxy groups -OCH3 is 1. The Morgan fingerprint density at radius 2 is 1.52 bits per heavy atom. The monoisotopic (exact) mass is 284 g/mol. The van der Waals surface area contributed by atoms with Crippen molar-refractivity contribution in [1.82, 2.24) is 0 Å². The molecule has 110 valence electrons. The topological polar surface area (TPSA) is 35.5 Å². The number of hydrogen-bond donors (Lipinski definition) is 0. The highest BCUT2D eigenvalue weighted by Gasteiger charge is 2.29. The van der Waals surface area contributed by atoms with Gasteiger partial charge in [0, 0.05) is 5.56 Å². The summed E-state index contributed by atoms with van der Waals surface area (Å²) in [6, 6.07) is 16.6. The van der Waals surface area contributed by atoms with Crippen molar-refractivity contribution in [2.45, 2.75) is 13.8 Å². The van der Waals surface area contributed by atoms with Crippen LogP contribution in [0.5, 0.6) is 11.5 Å². The highest BCUT2D eigenvalue weighted by molar-refractivity contribution is 6.00. The zero-order valence-electron chi connectivity index (χ0n) is 12.6. The van der Waals surface area contributed by atoms with Gasteiger partial charge in [0.2, 0.25) is 0 Å². The zero-order chi connectivity index (χ0) is 15.3. The van der Waals surface area contributed by atoms with Crippen molar-refractivity contribution in [3.8, 4) is 11.5 Å². The Kier molecular flexibility index (Phi) is 4.63. The highest BCUT2D eigenvalue weighted by atomic mass is 16.5. The van der Waals surface area contributed by atoms with E-state index in [0.717, 1.165) is 11.5 Å². The summed E-state index contributed by atoms with van der Waals surface area (Å²) in [6.07, 6.45) is 0. The minimum absolute atomic E-state index is 0.0802. The quantitative estimate of drug-likeness (QED) is 0.753. The van der Waals surface area contributed by atoms with Gasteiger partial charge in [0.15, 0.2) is 5.78 Å². The number of carbonyl (C=O) groups excluding carboxylic acids is 1. The standard InChI is InChI=1S/C18H20O3/c1-18(2,17(19)14-7-5-4-6-8-14)13-21-16-11-9-15(20-3)10-12-16/h4-12H,13H2,1-3H3. The molecule has 2 aromatic rings. The Hall–Kier alpha value is -2.29. The van der Waals surface area contributed by atoms with Gasteiger partial charge in [-0.1, -0.05) is 30.3 Å². The Morgan fingerprint density at radius 3 is 2.10 bits per heavy atom. The van der Waals surface area contributed by atoms with Crippen LogP contribution in [-0.4, -0.2) is 19.5 Å². The summed E-state index contributed by atoms with van der Waals surface area (Å²) in [7, 11) is 1.62. The molecule has 2 aromatic carbocycles. The van der Waals surface area contributed by atoms with E-state index < -0.39 is 5.41 Å². The molecule has 2 rings (SSSR count). The lowest BCUT2D eigenvalue weighted by molar-refractivity contribution is 0.0751. The Morgan fingerprint density at radius 1 is 0.952 bits per heavy atom. The van der Waals surface area contributed by atoms with E-state index in [9.17, 15) is 4.79 Å². The van der Waals surface area contributed by atoms with E-state index in [0.29, 0.717) is 12.2 Å². The Labute approximate surface area is 125 Å². The maximum absolute atomic E-state index is 12.5. The summed E-state index contributed by atoms with van der Waals surface area (Å²) in [5.74, 6) is 1.59. The van der Waals surface area contributed by atoms with E-state index in [4.69, 9.17) is 9.47 Å². The molecule has 0 unspecified atom stereocenters. The van der Waals surface area contributed by atoms with Crippen LogP contribution in [0.15, 0.2) is 54.6 Å². The molecule has 3 nitrogen and oxygen atoms in total. The summed E-state index contributed by atoms with van der Waals surface area (Å²) >= 11 is 0. The molecule has 0 amide bonds. The average Bonchev–Trinajstić information content (AvgIpc) is 2.53. The average molecular weight is 284 g/mol. The van der Waals surface area contributed by atoms with Gasteiger partial charge in [-0.25, -0.2) is 0 Å². The van der Waals surface area contributed by atoms with Crippen LogP contribution in [0.25, 0.3) is 0 Å². The normalized spacial score (nSPS) is 11.0. The lowest BCUT2D eigenvalue weighted by Crippen LogP contribution is -2.31. The maximum Gasteiger partial charge on any atom is 0.171 e. The molecule has 0 fully saturated rings. The molecule has 0 aliphatic rings. The van der Waals surface area contributed by atoms with Crippen molar-refractivity contribution >= 4 is 5.78 Å². The van der Waals surface area contributed by atoms with Gasteiger partial charge in [0.1, 0.15) is 18.1 Å². The molecule has 0 aliphatic heterocycles. The predicted molar refractivity (Wildman–Crippen MR) is 83.0 cm³/mol. The van der Waals surface area contributed by atoms with E-state index in [2.05, 4.69) is 0 Å². The lowest BCUT2D eigenvalue weighted by atomic mass is 9.85. The van der Waals surface area contributed by atoms with Gasteiger partial charge < -0.3 is 9.47 Å². The predicted octanol–water partition coefficient (Wildman–Crippen LogP) is 3.98. The van der Waals surface area contributed by atoms with Gasteiger partial charge in [-0.3, -0.25) is 4.79 Å². The van der Waals surface area contributed by atoms with Gasteiger partial charge >= 0.3 is 0 Å². The summed E-state index contributed by atoms with van der Waals surface area (Å²) in [5, 5.41) is 0. The first kappa shape index (κ1) is 15.1. The number of ketones is 1. The van der Waals surface area contributed by atoms with Crippen LogP contribution in [0.3, 0.4) is 0 Å². The van der Waals surface area contributed by atoms with E-state index in [1.807, 2.05) is 68.4 Å². The van der Waals surface area contributed by atoms with Crippen molar-refractivity contribution in [3.63, 3.8) is 0 Å². The van der Waals surface area contributed by atoms with Crippen molar-refractivity contribution < 1.29 is 14.3 Å². The van der Waals surface area contributed by atoms with Gasteiger partial charge in [0.05, 0.1) is 12.5 Å². The zero-order valence-corrected chi connectivity index (χ0v) is 12.6. The Bertz CT molecular complexity index is 586. The molecule has 0 aromatic heterocycles. The lowest BCUT2D eigenvalue weighted by Gasteiger charge is -2.23. The molecule has 0 radical (unpaired) electrons. The summed E-state index contributed by atoms with van der Waals surface area (Å²) in [6.45, 7) is 4.12. The fraction of sp³-hybridized carbons (Fsp3) is 0.278. The molecule has 0 spiro atoms. The van der Waals surface area contributed by atoms with E-state index in [-0.39, 0.29) is 5.78 Å². The van der Waals surface area contributed by atoms with Gasteiger partial charge in [-0.05, 0) is 38.1 Å². The van der Waals surface area contributed by atoms with Crippen LogP contribution in [0.2, 0.25) is 0 Å². The maximum atomic E-state index is 12.5. The third-order valence-corrected chi connectivity index (χ3v) is 3.31. The van der Waals surface area contributed by atoms with E-state index in [1.54, 1.807) is 7.11 Å². The summed E-state index contributed by atoms with van der Waals surface area (Å²) in [5.41, 5.74) is 0.127. The number of hydrogen-bond acceptors (Lipinski definition) is 3. The van der Waals surface area contributed by atoms with Crippen molar-refractivity contribution in [3.05, 3.63) is 60.2 Å². The van der Waals surface area contributed by atoms with Crippen LogP contribution < -0.4 is 9.47 Å².